The molecule has 1 saturated heterocycles. The molecule has 0 spiro atoms. The van der Waals surface area contributed by atoms with Gasteiger partial charge in [0.25, 0.3) is 0 Å². The van der Waals surface area contributed by atoms with E-state index in [1.54, 1.807) is 6.33 Å². The summed E-state index contributed by atoms with van der Waals surface area (Å²) in [5.41, 5.74) is 1.36. The van der Waals surface area contributed by atoms with Crippen molar-refractivity contribution >= 4 is 22.9 Å². The van der Waals surface area contributed by atoms with Gasteiger partial charge in [0.2, 0.25) is 5.91 Å². The van der Waals surface area contributed by atoms with E-state index in [1.165, 1.54) is 6.33 Å². The fourth-order valence-corrected chi connectivity index (χ4v) is 2.62. The molecule has 1 atom stereocenters. The maximum atomic E-state index is 12.5. The minimum Gasteiger partial charge on any atom is -0.348 e. The molecular weight excluding hydrogens is 270 g/mol. The number of fused-ring (bicyclic) bond motifs is 1. The standard InChI is InChI=1S/C13H19N7O/c1-9-5-14-3-4-20(9)10(21)6-19(2)13-11-12(16-7-15-11)17-8-18-13/h7-9,14H,3-6H2,1-2H3,(H,15,16,17,18)/t9-/m1/s1. The van der Waals surface area contributed by atoms with Crippen molar-refractivity contribution < 1.29 is 4.79 Å². The summed E-state index contributed by atoms with van der Waals surface area (Å²) < 4.78 is 0. The smallest absolute Gasteiger partial charge is 0.242 e. The molecule has 3 rings (SSSR count). The van der Waals surface area contributed by atoms with Crippen molar-refractivity contribution in [3.63, 3.8) is 0 Å². The van der Waals surface area contributed by atoms with Gasteiger partial charge in [0.05, 0.1) is 12.9 Å². The first-order valence-electron chi connectivity index (χ1n) is 7.02. The molecule has 8 heteroatoms. The highest BCUT2D eigenvalue weighted by Gasteiger charge is 2.24. The molecule has 1 aliphatic heterocycles. The van der Waals surface area contributed by atoms with Gasteiger partial charge in [0.15, 0.2) is 11.5 Å². The molecule has 2 aromatic heterocycles. The molecule has 0 unspecified atom stereocenters. The number of rotatable bonds is 3. The Labute approximate surface area is 122 Å². The maximum Gasteiger partial charge on any atom is 0.242 e. The van der Waals surface area contributed by atoms with E-state index in [2.05, 4.69) is 32.2 Å². The summed E-state index contributed by atoms with van der Waals surface area (Å²) in [6, 6.07) is 0.220. The summed E-state index contributed by atoms with van der Waals surface area (Å²) in [6.45, 7) is 4.78. The average molecular weight is 289 g/mol. The lowest BCUT2D eigenvalue weighted by molar-refractivity contribution is -0.132. The van der Waals surface area contributed by atoms with E-state index in [0.717, 1.165) is 25.2 Å². The van der Waals surface area contributed by atoms with Crippen LogP contribution in [0.4, 0.5) is 5.82 Å². The second-order valence-corrected chi connectivity index (χ2v) is 5.29. The fraction of sp³-hybridized carbons (Fsp3) is 0.538. The van der Waals surface area contributed by atoms with Crippen LogP contribution in [0.2, 0.25) is 0 Å². The van der Waals surface area contributed by atoms with Gasteiger partial charge in [0, 0.05) is 32.7 Å². The summed E-state index contributed by atoms with van der Waals surface area (Å²) in [6.07, 6.45) is 3.05. The molecule has 3 heterocycles. The average Bonchev–Trinajstić information content (AvgIpc) is 2.95. The molecule has 0 bridgehead atoms. The number of hydrogen-bond acceptors (Lipinski definition) is 6. The van der Waals surface area contributed by atoms with Gasteiger partial charge >= 0.3 is 0 Å². The number of aromatic nitrogens is 4. The highest BCUT2D eigenvalue weighted by molar-refractivity contribution is 5.87. The van der Waals surface area contributed by atoms with Crippen molar-refractivity contribution in [3.8, 4) is 0 Å². The largest absolute Gasteiger partial charge is 0.348 e. The number of carbonyl (C=O) groups is 1. The van der Waals surface area contributed by atoms with E-state index in [4.69, 9.17) is 0 Å². The number of hydrogen-bond donors (Lipinski definition) is 2. The number of nitrogens with one attached hydrogen (secondary N) is 2. The van der Waals surface area contributed by atoms with E-state index in [-0.39, 0.29) is 18.5 Å². The molecule has 8 nitrogen and oxygen atoms in total. The number of imidazole rings is 1. The second-order valence-electron chi connectivity index (χ2n) is 5.29. The van der Waals surface area contributed by atoms with Crippen LogP contribution in [0.15, 0.2) is 12.7 Å². The molecule has 2 N–H and O–H groups in total. The van der Waals surface area contributed by atoms with Gasteiger partial charge in [-0.1, -0.05) is 0 Å². The second kappa shape index (κ2) is 5.65. The van der Waals surface area contributed by atoms with Crippen LogP contribution in [-0.4, -0.2) is 70.0 Å². The monoisotopic (exact) mass is 289 g/mol. The number of carbonyl (C=O) groups excluding carboxylic acids is 1. The van der Waals surface area contributed by atoms with Crippen LogP contribution in [-0.2, 0) is 4.79 Å². The zero-order valence-corrected chi connectivity index (χ0v) is 12.2. The maximum absolute atomic E-state index is 12.5. The first kappa shape index (κ1) is 13.7. The number of aromatic amines is 1. The van der Waals surface area contributed by atoms with E-state index in [9.17, 15) is 4.79 Å². The Hall–Kier alpha value is -2.22. The number of nitrogens with zero attached hydrogens (tertiary/aromatic N) is 5. The highest BCUT2D eigenvalue weighted by Crippen LogP contribution is 2.18. The molecule has 0 aromatic carbocycles. The summed E-state index contributed by atoms with van der Waals surface area (Å²) in [5.74, 6) is 0.798. The van der Waals surface area contributed by atoms with Crippen molar-refractivity contribution in [2.75, 3.05) is 38.1 Å². The lowest BCUT2D eigenvalue weighted by atomic mass is 10.2. The van der Waals surface area contributed by atoms with Crippen molar-refractivity contribution in [3.05, 3.63) is 12.7 Å². The zero-order chi connectivity index (χ0) is 14.8. The Bertz CT molecular complexity index is 640. The number of amides is 1. The molecule has 0 aliphatic carbocycles. The molecule has 0 saturated carbocycles. The molecule has 2 aromatic rings. The number of piperazine rings is 1. The highest BCUT2D eigenvalue weighted by atomic mass is 16.2. The number of likely N-dealkylation sites (N-methyl/N-ethyl adjacent to an activating group) is 1. The Balaban J connectivity index is 1.75. The molecule has 0 radical (unpaired) electrons. The van der Waals surface area contributed by atoms with Crippen LogP contribution in [0.25, 0.3) is 11.2 Å². The van der Waals surface area contributed by atoms with Crippen molar-refractivity contribution in [1.82, 2.24) is 30.2 Å². The summed E-state index contributed by atoms with van der Waals surface area (Å²) in [4.78, 5) is 31.7. The van der Waals surface area contributed by atoms with Crippen LogP contribution in [0, 0.1) is 0 Å². The Morgan fingerprint density at radius 3 is 3.14 bits per heavy atom. The van der Waals surface area contributed by atoms with Crippen LogP contribution < -0.4 is 10.2 Å². The van der Waals surface area contributed by atoms with Gasteiger partial charge in [-0.3, -0.25) is 4.79 Å². The molecular formula is C13H19N7O. The predicted molar refractivity (Wildman–Crippen MR) is 79.0 cm³/mol. The fourth-order valence-electron chi connectivity index (χ4n) is 2.62. The molecule has 112 valence electrons. The van der Waals surface area contributed by atoms with E-state index in [1.807, 2.05) is 16.8 Å². The first-order valence-corrected chi connectivity index (χ1v) is 7.02. The zero-order valence-electron chi connectivity index (χ0n) is 12.2. The lowest BCUT2D eigenvalue weighted by Gasteiger charge is -2.35. The third-order valence-corrected chi connectivity index (χ3v) is 3.76. The van der Waals surface area contributed by atoms with Crippen molar-refractivity contribution in [2.45, 2.75) is 13.0 Å². The molecule has 1 amide bonds. The van der Waals surface area contributed by atoms with Crippen LogP contribution in [0.1, 0.15) is 6.92 Å². The SMILES string of the molecule is C[C@@H]1CNCCN1C(=O)CN(C)c1ncnc2nc[nH]c12. The molecule has 1 aliphatic rings. The lowest BCUT2D eigenvalue weighted by Crippen LogP contribution is -2.54. The third kappa shape index (κ3) is 2.66. The van der Waals surface area contributed by atoms with Gasteiger partial charge in [-0.25, -0.2) is 15.0 Å². The normalized spacial score (nSPS) is 19.0. The van der Waals surface area contributed by atoms with Gasteiger partial charge in [-0.05, 0) is 6.92 Å². The summed E-state index contributed by atoms with van der Waals surface area (Å²) >= 11 is 0. The summed E-state index contributed by atoms with van der Waals surface area (Å²) in [5, 5.41) is 3.28. The Kier molecular flexibility index (Phi) is 3.70. The minimum atomic E-state index is 0.109. The topological polar surface area (TPSA) is 90.0 Å². The van der Waals surface area contributed by atoms with Crippen LogP contribution in [0.3, 0.4) is 0 Å². The molecule has 1 fully saturated rings. The van der Waals surface area contributed by atoms with E-state index >= 15 is 0 Å². The summed E-state index contributed by atoms with van der Waals surface area (Å²) in [7, 11) is 1.85. The van der Waals surface area contributed by atoms with Crippen molar-refractivity contribution in [1.29, 1.82) is 0 Å². The Morgan fingerprint density at radius 1 is 1.48 bits per heavy atom. The van der Waals surface area contributed by atoms with E-state index < -0.39 is 0 Å². The number of H-pyrrole nitrogens is 1. The van der Waals surface area contributed by atoms with Gasteiger partial charge in [-0.15, -0.1) is 0 Å². The number of anilines is 1. The van der Waals surface area contributed by atoms with Gasteiger partial charge in [0.1, 0.15) is 11.8 Å². The Morgan fingerprint density at radius 2 is 2.33 bits per heavy atom. The van der Waals surface area contributed by atoms with Gasteiger partial charge in [-0.2, -0.15) is 0 Å². The first-order chi connectivity index (χ1) is 10.2. The third-order valence-electron chi connectivity index (χ3n) is 3.76. The van der Waals surface area contributed by atoms with Crippen LogP contribution >= 0.6 is 0 Å². The molecule has 21 heavy (non-hydrogen) atoms. The quantitative estimate of drug-likeness (QED) is 0.800. The van der Waals surface area contributed by atoms with Crippen molar-refractivity contribution in [2.24, 2.45) is 0 Å². The predicted octanol–water partition coefficient (Wildman–Crippen LogP) is -0.391. The van der Waals surface area contributed by atoms with E-state index in [0.29, 0.717) is 11.5 Å². The minimum absolute atomic E-state index is 0.109. The van der Waals surface area contributed by atoms with Gasteiger partial charge < -0.3 is 20.1 Å². The van der Waals surface area contributed by atoms with Crippen LogP contribution in [0.5, 0.6) is 0 Å².